The molecule has 0 aliphatic heterocycles. The molecule has 0 bridgehead atoms. The molecule has 4 atom stereocenters. The van der Waals surface area contributed by atoms with Gasteiger partial charge in [0.15, 0.2) is 0 Å². The van der Waals surface area contributed by atoms with Crippen LogP contribution in [0.4, 0.5) is 0 Å². The molecule has 0 rings (SSSR count). The second-order valence-corrected chi connectivity index (χ2v) is 3.35. The van der Waals surface area contributed by atoms with Gasteiger partial charge in [0, 0.05) is 7.11 Å². The molecule has 0 aliphatic carbocycles. The molecule has 0 aromatic rings. The first-order chi connectivity index (χ1) is 6.49. The maximum atomic E-state index is 11.0. The summed E-state index contributed by atoms with van der Waals surface area (Å²) in [6, 6.07) is 0. The summed E-state index contributed by atoms with van der Waals surface area (Å²) in [5.74, 6) is 0. The van der Waals surface area contributed by atoms with Crippen molar-refractivity contribution in [2.75, 3.05) is 20.3 Å². The molecule has 15 heavy (non-hydrogen) atoms. The van der Waals surface area contributed by atoms with Crippen molar-refractivity contribution in [2.45, 2.75) is 38.3 Å². The van der Waals surface area contributed by atoms with E-state index in [-0.39, 0.29) is 42.8 Å². The number of hydrogen-bond donors (Lipinski definition) is 2. The van der Waals surface area contributed by atoms with Crippen LogP contribution in [-0.4, -0.2) is 55.0 Å². The maximum Gasteiger partial charge on any atom is 1.00 e. The van der Waals surface area contributed by atoms with Crippen molar-refractivity contribution in [1.82, 2.24) is 0 Å². The minimum atomic E-state index is -1.02. The summed E-state index contributed by atoms with van der Waals surface area (Å²) >= 11 is 0. The molecule has 0 saturated carbocycles. The van der Waals surface area contributed by atoms with Gasteiger partial charge in [-0.3, -0.25) is 0 Å². The summed E-state index contributed by atoms with van der Waals surface area (Å²) in [5.41, 5.74) is 0. The summed E-state index contributed by atoms with van der Waals surface area (Å²) in [4.78, 5) is 0. The smallest absolute Gasteiger partial charge is 0.850 e. The number of hydrogen-bond acceptors (Lipinski definition) is 5. The first kappa shape index (κ1) is 18.2. The fraction of sp³-hybridized carbons (Fsp3) is 1.00. The summed E-state index contributed by atoms with van der Waals surface area (Å²) < 4.78 is 9.77. The van der Waals surface area contributed by atoms with E-state index in [9.17, 15) is 15.3 Å². The van der Waals surface area contributed by atoms with E-state index in [0.29, 0.717) is 0 Å². The zero-order chi connectivity index (χ0) is 11.1. The van der Waals surface area contributed by atoms with E-state index in [1.807, 2.05) is 0 Å². The van der Waals surface area contributed by atoms with Crippen molar-refractivity contribution in [3.8, 4) is 0 Å². The quantitative estimate of drug-likeness (QED) is 0.431. The molecule has 2 N–H and O–H groups in total. The Bertz CT molecular complexity index is 134. The van der Waals surface area contributed by atoms with Gasteiger partial charge in [0.25, 0.3) is 0 Å². The standard InChI is InChI=1S/C9H19O5.Na/c1-6(10)9(7(2)11)14-5-8(12)4-13-3;/h6-10,12H,4-5H2,1-3H3;/q-1;+1/t6-,7+,8?,9+;/m0./s1. The van der Waals surface area contributed by atoms with Crippen LogP contribution in [0.1, 0.15) is 13.8 Å². The van der Waals surface area contributed by atoms with Crippen molar-refractivity contribution < 1.29 is 54.4 Å². The van der Waals surface area contributed by atoms with Crippen LogP contribution in [0.3, 0.4) is 0 Å². The van der Waals surface area contributed by atoms with E-state index in [1.165, 1.54) is 21.0 Å². The molecule has 86 valence electrons. The summed E-state index contributed by atoms with van der Waals surface area (Å²) in [7, 11) is 1.46. The molecule has 0 saturated heterocycles. The molecule has 5 nitrogen and oxygen atoms in total. The molecule has 0 spiro atoms. The van der Waals surface area contributed by atoms with E-state index < -0.39 is 24.4 Å². The number of aliphatic hydroxyl groups excluding tert-OH is 2. The van der Waals surface area contributed by atoms with Crippen LogP contribution in [0.5, 0.6) is 0 Å². The summed E-state index contributed by atoms with van der Waals surface area (Å²) in [6.45, 7) is 3.05. The molecular formula is C9H19NaO5. The van der Waals surface area contributed by atoms with Gasteiger partial charge in [-0.1, -0.05) is 6.92 Å². The molecule has 0 aliphatic rings. The molecular weight excluding hydrogens is 211 g/mol. The van der Waals surface area contributed by atoms with Crippen molar-refractivity contribution in [2.24, 2.45) is 0 Å². The van der Waals surface area contributed by atoms with Gasteiger partial charge in [-0.25, -0.2) is 0 Å². The van der Waals surface area contributed by atoms with Crippen LogP contribution in [-0.2, 0) is 9.47 Å². The SMILES string of the molecule is COCC(O)CO[C@H]([C@H](C)O)[C@@H](C)[O-].[Na+]. The first-order valence-corrected chi connectivity index (χ1v) is 4.61. The largest absolute Gasteiger partial charge is 1.00 e. The Morgan fingerprint density at radius 2 is 1.73 bits per heavy atom. The monoisotopic (exact) mass is 230 g/mol. The molecule has 0 aromatic carbocycles. The van der Waals surface area contributed by atoms with Crippen LogP contribution in [0.2, 0.25) is 0 Å². The number of aliphatic hydroxyl groups is 2. The molecule has 0 radical (unpaired) electrons. The Balaban J connectivity index is 0. The van der Waals surface area contributed by atoms with Gasteiger partial charge < -0.3 is 24.8 Å². The van der Waals surface area contributed by atoms with Crippen LogP contribution in [0.15, 0.2) is 0 Å². The Labute approximate surface area is 113 Å². The fourth-order valence-electron chi connectivity index (χ4n) is 1.13. The Kier molecular flexibility index (Phi) is 12.1. The third-order valence-electron chi connectivity index (χ3n) is 1.78. The second-order valence-electron chi connectivity index (χ2n) is 3.35. The van der Waals surface area contributed by atoms with Crippen molar-refractivity contribution in [3.05, 3.63) is 0 Å². The average molecular weight is 230 g/mol. The first-order valence-electron chi connectivity index (χ1n) is 4.61. The van der Waals surface area contributed by atoms with Gasteiger partial charge >= 0.3 is 29.6 Å². The summed E-state index contributed by atoms with van der Waals surface area (Å²) in [6.07, 6.45) is -3.41. The predicted molar refractivity (Wildman–Crippen MR) is 48.8 cm³/mol. The van der Waals surface area contributed by atoms with Gasteiger partial charge in [0.05, 0.1) is 25.4 Å². The van der Waals surface area contributed by atoms with Gasteiger partial charge in [0.1, 0.15) is 6.10 Å². The van der Waals surface area contributed by atoms with E-state index in [2.05, 4.69) is 4.74 Å². The van der Waals surface area contributed by atoms with Gasteiger partial charge in [-0.05, 0) is 6.92 Å². The van der Waals surface area contributed by atoms with Crippen LogP contribution in [0, 0.1) is 0 Å². The van der Waals surface area contributed by atoms with Crippen molar-refractivity contribution in [1.29, 1.82) is 0 Å². The molecule has 0 aromatic heterocycles. The molecule has 0 amide bonds. The second kappa shape index (κ2) is 9.99. The summed E-state index contributed by atoms with van der Waals surface area (Å²) in [5, 5.41) is 29.5. The van der Waals surface area contributed by atoms with E-state index in [4.69, 9.17) is 4.74 Å². The van der Waals surface area contributed by atoms with Crippen molar-refractivity contribution in [3.63, 3.8) is 0 Å². The topological polar surface area (TPSA) is 82.0 Å². The zero-order valence-corrected chi connectivity index (χ0v) is 11.8. The van der Waals surface area contributed by atoms with Crippen LogP contribution >= 0.6 is 0 Å². The Hall–Kier alpha value is 0.800. The average Bonchev–Trinajstić information content (AvgIpc) is 2.03. The Morgan fingerprint density at radius 1 is 1.20 bits per heavy atom. The third kappa shape index (κ3) is 8.59. The number of methoxy groups -OCH3 is 1. The Morgan fingerprint density at radius 3 is 2.07 bits per heavy atom. The van der Waals surface area contributed by atoms with Gasteiger partial charge in [-0.2, -0.15) is 0 Å². The van der Waals surface area contributed by atoms with Crippen molar-refractivity contribution >= 4 is 0 Å². The molecule has 0 fully saturated rings. The zero-order valence-electron chi connectivity index (χ0n) is 9.84. The third-order valence-corrected chi connectivity index (χ3v) is 1.78. The minimum absolute atomic E-state index is 0. The van der Waals surface area contributed by atoms with E-state index in [0.717, 1.165) is 0 Å². The van der Waals surface area contributed by atoms with Gasteiger partial charge in [0.2, 0.25) is 0 Å². The van der Waals surface area contributed by atoms with Gasteiger partial charge in [-0.15, -0.1) is 6.10 Å². The number of rotatable bonds is 7. The molecule has 1 unspecified atom stereocenters. The molecule has 6 heteroatoms. The van der Waals surface area contributed by atoms with Crippen LogP contribution < -0.4 is 34.7 Å². The normalized spacial score (nSPS) is 18.8. The maximum absolute atomic E-state index is 11.0. The number of ether oxygens (including phenoxy) is 2. The van der Waals surface area contributed by atoms with E-state index >= 15 is 0 Å². The van der Waals surface area contributed by atoms with E-state index in [1.54, 1.807) is 0 Å². The predicted octanol–water partition coefficient (Wildman–Crippen LogP) is -4.49. The molecule has 0 heterocycles. The van der Waals surface area contributed by atoms with Crippen LogP contribution in [0.25, 0.3) is 0 Å². The fourth-order valence-corrected chi connectivity index (χ4v) is 1.13. The minimum Gasteiger partial charge on any atom is -0.850 e.